The summed E-state index contributed by atoms with van der Waals surface area (Å²) in [6, 6.07) is 15.9. The molecule has 150 valence electrons. The molecular weight excluding hydrogens is 382 g/mol. The van der Waals surface area contributed by atoms with Crippen LogP contribution in [0.4, 0.5) is 0 Å². The van der Waals surface area contributed by atoms with Crippen molar-refractivity contribution < 1.29 is 29.3 Å². The standard InChI is InChI=1S/C18H21NO2S.C2H2O4/c1-4-21-18(20)14-9-11-16(12-10-14)22-17-8-6-5-7-15(17)13-19(2)3;3-1(4)2(5)6/h5-12H,4,13H2,1-3H3;(H,3,4)(H,5,6). The van der Waals surface area contributed by atoms with Crippen LogP contribution in [0.25, 0.3) is 0 Å². The van der Waals surface area contributed by atoms with Gasteiger partial charge in [-0.3, -0.25) is 0 Å². The molecule has 0 unspecified atom stereocenters. The first-order valence-electron chi connectivity index (χ1n) is 8.38. The fourth-order valence-corrected chi connectivity index (χ4v) is 3.01. The molecule has 0 spiro atoms. The van der Waals surface area contributed by atoms with E-state index in [1.54, 1.807) is 11.8 Å². The van der Waals surface area contributed by atoms with Crippen LogP contribution in [0.3, 0.4) is 0 Å². The molecule has 28 heavy (non-hydrogen) atoms. The van der Waals surface area contributed by atoms with Crippen LogP contribution >= 0.6 is 11.8 Å². The van der Waals surface area contributed by atoms with Crippen molar-refractivity contribution in [1.29, 1.82) is 0 Å². The summed E-state index contributed by atoms with van der Waals surface area (Å²) in [5.41, 5.74) is 1.89. The summed E-state index contributed by atoms with van der Waals surface area (Å²) < 4.78 is 5.00. The molecule has 0 aliphatic heterocycles. The van der Waals surface area contributed by atoms with Crippen LogP contribution < -0.4 is 0 Å². The molecule has 8 heteroatoms. The molecule has 0 fully saturated rings. The van der Waals surface area contributed by atoms with Crippen molar-refractivity contribution in [2.75, 3.05) is 20.7 Å². The highest BCUT2D eigenvalue weighted by atomic mass is 32.2. The Labute approximate surface area is 167 Å². The molecule has 2 aromatic rings. The lowest BCUT2D eigenvalue weighted by atomic mass is 10.2. The van der Waals surface area contributed by atoms with Crippen molar-refractivity contribution in [2.45, 2.75) is 23.3 Å². The lowest BCUT2D eigenvalue weighted by molar-refractivity contribution is -0.159. The average molecular weight is 405 g/mol. The van der Waals surface area contributed by atoms with Crippen LogP contribution in [0.5, 0.6) is 0 Å². The first kappa shape index (κ1) is 23.2. The Morgan fingerprint density at radius 3 is 2.04 bits per heavy atom. The molecule has 2 rings (SSSR count). The smallest absolute Gasteiger partial charge is 0.414 e. The van der Waals surface area contributed by atoms with E-state index in [1.807, 2.05) is 31.2 Å². The summed E-state index contributed by atoms with van der Waals surface area (Å²) in [6.45, 7) is 3.11. The third-order valence-corrected chi connectivity index (χ3v) is 4.36. The number of rotatable bonds is 6. The summed E-state index contributed by atoms with van der Waals surface area (Å²) >= 11 is 1.71. The number of esters is 1. The molecule has 0 saturated carbocycles. The topological polar surface area (TPSA) is 104 Å². The number of carboxylic acids is 2. The van der Waals surface area contributed by atoms with E-state index in [-0.39, 0.29) is 5.97 Å². The summed E-state index contributed by atoms with van der Waals surface area (Å²) in [7, 11) is 4.13. The maximum atomic E-state index is 11.7. The highest BCUT2D eigenvalue weighted by Crippen LogP contribution is 2.31. The lowest BCUT2D eigenvalue weighted by Crippen LogP contribution is -2.11. The number of hydrogen-bond donors (Lipinski definition) is 2. The van der Waals surface area contributed by atoms with Gasteiger partial charge >= 0.3 is 17.9 Å². The Bertz CT molecular complexity index is 793. The molecule has 0 heterocycles. The van der Waals surface area contributed by atoms with Crippen molar-refractivity contribution in [3.63, 3.8) is 0 Å². The minimum atomic E-state index is -1.82. The largest absolute Gasteiger partial charge is 0.473 e. The normalized spacial score (nSPS) is 10.0. The van der Waals surface area contributed by atoms with Crippen LogP contribution in [0.2, 0.25) is 0 Å². The van der Waals surface area contributed by atoms with Gasteiger partial charge in [0.1, 0.15) is 0 Å². The number of carbonyl (C=O) groups is 3. The molecule has 0 aliphatic rings. The van der Waals surface area contributed by atoms with E-state index < -0.39 is 11.9 Å². The molecule has 0 bridgehead atoms. The van der Waals surface area contributed by atoms with Gasteiger partial charge in [-0.25, -0.2) is 14.4 Å². The predicted molar refractivity (Wildman–Crippen MR) is 106 cm³/mol. The summed E-state index contributed by atoms with van der Waals surface area (Å²) in [5.74, 6) is -3.92. The third kappa shape index (κ3) is 8.24. The van der Waals surface area contributed by atoms with Gasteiger partial charge in [0.05, 0.1) is 12.2 Å². The Kier molecular flexibility index (Phi) is 9.76. The maximum Gasteiger partial charge on any atom is 0.414 e. The fourth-order valence-electron chi connectivity index (χ4n) is 2.08. The number of carboxylic acid groups (broad SMARTS) is 2. The third-order valence-electron chi connectivity index (χ3n) is 3.24. The summed E-state index contributed by atoms with van der Waals surface area (Å²) in [4.78, 5) is 34.4. The Balaban J connectivity index is 0.000000568. The zero-order chi connectivity index (χ0) is 21.1. The van der Waals surface area contributed by atoms with E-state index in [0.29, 0.717) is 12.2 Å². The second-order valence-electron chi connectivity index (χ2n) is 5.80. The van der Waals surface area contributed by atoms with Crippen LogP contribution in [-0.4, -0.2) is 53.7 Å². The minimum absolute atomic E-state index is 0.271. The van der Waals surface area contributed by atoms with E-state index in [9.17, 15) is 4.79 Å². The number of hydrogen-bond acceptors (Lipinski definition) is 6. The van der Waals surface area contributed by atoms with E-state index in [0.717, 1.165) is 11.4 Å². The number of benzene rings is 2. The zero-order valence-electron chi connectivity index (χ0n) is 15.9. The van der Waals surface area contributed by atoms with Crippen LogP contribution in [0, 0.1) is 0 Å². The van der Waals surface area contributed by atoms with Crippen LogP contribution in [0.1, 0.15) is 22.8 Å². The molecule has 0 amide bonds. The molecule has 2 aromatic carbocycles. The van der Waals surface area contributed by atoms with Gasteiger partial charge in [0.2, 0.25) is 0 Å². The van der Waals surface area contributed by atoms with E-state index >= 15 is 0 Å². The molecule has 7 nitrogen and oxygen atoms in total. The molecular formula is C20H23NO6S. The van der Waals surface area contributed by atoms with E-state index in [1.165, 1.54) is 10.5 Å². The number of aliphatic carboxylic acids is 2. The monoisotopic (exact) mass is 405 g/mol. The van der Waals surface area contributed by atoms with Crippen molar-refractivity contribution in [3.8, 4) is 0 Å². The van der Waals surface area contributed by atoms with Gasteiger partial charge in [0.15, 0.2) is 0 Å². The van der Waals surface area contributed by atoms with E-state index in [4.69, 9.17) is 24.5 Å². The lowest BCUT2D eigenvalue weighted by Gasteiger charge is -2.13. The van der Waals surface area contributed by atoms with Gasteiger partial charge in [-0.05, 0) is 56.9 Å². The second-order valence-corrected chi connectivity index (χ2v) is 6.92. The quantitative estimate of drug-likeness (QED) is 0.558. The first-order valence-corrected chi connectivity index (χ1v) is 9.20. The molecule has 0 radical (unpaired) electrons. The fraction of sp³-hybridized carbons (Fsp3) is 0.250. The predicted octanol–water partition coefficient (Wildman–Crippen LogP) is 3.23. The Hall–Kier alpha value is -2.84. The van der Waals surface area contributed by atoms with Crippen molar-refractivity contribution >= 4 is 29.7 Å². The van der Waals surface area contributed by atoms with Gasteiger partial charge in [-0.2, -0.15) is 0 Å². The molecule has 0 aromatic heterocycles. The molecule has 0 saturated heterocycles. The van der Waals surface area contributed by atoms with E-state index in [2.05, 4.69) is 43.3 Å². The summed E-state index contributed by atoms with van der Waals surface area (Å²) in [5, 5.41) is 14.8. The molecule has 0 atom stereocenters. The highest BCUT2D eigenvalue weighted by Gasteiger charge is 2.08. The first-order chi connectivity index (χ1) is 13.2. The Morgan fingerprint density at radius 1 is 0.964 bits per heavy atom. The number of carbonyl (C=O) groups excluding carboxylic acids is 1. The zero-order valence-corrected chi connectivity index (χ0v) is 16.7. The molecule has 2 N–H and O–H groups in total. The van der Waals surface area contributed by atoms with Crippen molar-refractivity contribution in [3.05, 3.63) is 59.7 Å². The van der Waals surface area contributed by atoms with Crippen molar-refractivity contribution in [1.82, 2.24) is 4.90 Å². The summed E-state index contributed by atoms with van der Waals surface area (Å²) in [6.07, 6.45) is 0. The van der Waals surface area contributed by atoms with Gasteiger partial charge < -0.3 is 19.8 Å². The molecule has 0 aliphatic carbocycles. The SMILES string of the molecule is CCOC(=O)c1ccc(Sc2ccccc2CN(C)C)cc1.O=C(O)C(=O)O. The van der Waals surface area contributed by atoms with Gasteiger partial charge in [0, 0.05) is 16.3 Å². The minimum Gasteiger partial charge on any atom is -0.473 e. The number of ether oxygens (including phenoxy) is 1. The van der Waals surface area contributed by atoms with Crippen molar-refractivity contribution in [2.24, 2.45) is 0 Å². The second kappa shape index (κ2) is 11.8. The van der Waals surface area contributed by atoms with Crippen LogP contribution in [0.15, 0.2) is 58.3 Å². The Morgan fingerprint density at radius 2 is 1.54 bits per heavy atom. The van der Waals surface area contributed by atoms with Gasteiger partial charge in [-0.1, -0.05) is 30.0 Å². The number of nitrogens with zero attached hydrogens (tertiary/aromatic N) is 1. The van der Waals surface area contributed by atoms with Gasteiger partial charge in [-0.15, -0.1) is 0 Å². The average Bonchev–Trinajstić information content (AvgIpc) is 2.64. The van der Waals surface area contributed by atoms with Gasteiger partial charge in [0.25, 0.3) is 0 Å². The van der Waals surface area contributed by atoms with Crippen LogP contribution in [-0.2, 0) is 20.9 Å². The maximum absolute atomic E-state index is 11.7. The highest BCUT2D eigenvalue weighted by molar-refractivity contribution is 7.99.